The van der Waals surface area contributed by atoms with Gasteiger partial charge >= 0.3 is 6.18 Å². The van der Waals surface area contributed by atoms with E-state index < -0.39 is 33.0 Å². The first-order chi connectivity index (χ1) is 16.0. The van der Waals surface area contributed by atoms with Gasteiger partial charge in [0.1, 0.15) is 5.56 Å². The minimum atomic E-state index is -4.57. The molecule has 34 heavy (non-hydrogen) atoms. The summed E-state index contributed by atoms with van der Waals surface area (Å²) in [4.78, 5) is 25.9. The van der Waals surface area contributed by atoms with E-state index >= 15 is 0 Å². The predicted octanol–water partition coefficient (Wildman–Crippen LogP) is 4.03. The van der Waals surface area contributed by atoms with Crippen molar-refractivity contribution in [2.45, 2.75) is 42.6 Å². The smallest absolute Gasteiger partial charge is 0.348 e. The number of halogens is 3. The van der Waals surface area contributed by atoms with Crippen LogP contribution in [0.1, 0.15) is 40.0 Å². The van der Waals surface area contributed by atoms with Gasteiger partial charge in [0.2, 0.25) is 0 Å². The summed E-state index contributed by atoms with van der Waals surface area (Å²) in [7, 11) is -3.31. The molecule has 4 rings (SSSR count). The second kappa shape index (κ2) is 8.75. The van der Waals surface area contributed by atoms with E-state index in [4.69, 9.17) is 0 Å². The summed E-state index contributed by atoms with van der Waals surface area (Å²) in [6.07, 6.45) is -3.25. The number of aromatic nitrogens is 1. The summed E-state index contributed by atoms with van der Waals surface area (Å²) < 4.78 is 64.9. The fourth-order valence-corrected chi connectivity index (χ4v) is 5.25. The molecule has 1 saturated carbocycles. The summed E-state index contributed by atoms with van der Waals surface area (Å²) in [5.41, 5.74) is -0.877. The van der Waals surface area contributed by atoms with E-state index in [-0.39, 0.29) is 27.9 Å². The maximum Gasteiger partial charge on any atom is 0.416 e. The van der Waals surface area contributed by atoms with Crippen LogP contribution >= 0.6 is 0 Å². The molecule has 0 saturated heterocycles. The number of nitrogens with one attached hydrogen (secondary N) is 1. The molecule has 0 unspecified atom stereocenters. The highest BCUT2D eigenvalue weighted by atomic mass is 32.2. The number of amides is 1. The van der Waals surface area contributed by atoms with Crippen molar-refractivity contribution in [1.82, 2.24) is 9.88 Å². The fraction of sp³-hybridized carbons (Fsp3) is 0.250. The largest absolute Gasteiger partial charge is 0.416 e. The zero-order valence-corrected chi connectivity index (χ0v) is 18.9. The van der Waals surface area contributed by atoms with Gasteiger partial charge in [-0.1, -0.05) is 18.2 Å². The summed E-state index contributed by atoms with van der Waals surface area (Å²) in [5, 5.41) is 2.28. The first-order valence-electron chi connectivity index (χ1n) is 10.5. The average Bonchev–Trinajstić information content (AvgIpc) is 3.64. The second-order valence-electron chi connectivity index (χ2n) is 8.15. The molecule has 0 spiro atoms. The van der Waals surface area contributed by atoms with E-state index in [1.165, 1.54) is 36.4 Å². The molecule has 1 N–H and O–H groups in total. The molecule has 1 aliphatic rings. The highest BCUT2D eigenvalue weighted by molar-refractivity contribution is 7.92. The quantitative estimate of drug-likeness (QED) is 0.566. The molecule has 0 atom stereocenters. The summed E-state index contributed by atoms with van der Waals surface area (Å²) in [6.45, 7) is 1.60. The second-order valence-corrected chi connectivity index (χ2v) is 10.4. The van der Waals surface area contributed by atoms with Crippen LogP contribution in [0, 0.1) is 6.92 Å². The molecular weight excluding hydrogens is 469 g/mol. The van der Waals surface area contributed by atoms with E-state index in [9.17, 15) is 31.2 Å². The maximum atomic E-state index is 13.1. The number of benzene rings is 2. The summed E-state index contributed by atoms with van der Waals surface area (Å²) >= 11 is 0. The van der Waals surface area contributed by atoms with Crippen molar-refractivity contribution in [2.75, 3.05) is 0 Å². The number of nitrogens with zero attached hydrogens (tertiary/aromatic N) is 1. The SMILES string of the molecule is Cc1ccc(C(=O)NCc2ccc(S(=O)(=O)C3CC3)cc2)c(=O)n1-c1cccc(C(F)(F)F)c1. The number of rotatable bonds is 6. The van der Waals surface area contributed by atoms with Crippen molar-refractivity contribution >= 4 is 15.7 Å². The van der Waals surface area contributed by atoms with Gasteiger partial charge in [-0.2, -0.15) is 13.2 Å². The lowest BCUT2D eigenvalue weighted by atomic mass is 10.1. The number of aryl methyl sites for hydroxylation is 1. The zero-order chi connectivity index (χ0) is 24.7. The molecule has 6 nitrogen and oxygen atoms in total. The van der Waals surface area contributed by atoms with Crippen LogP contribution in [0.3, 0.4) is 0 Å². The fourth-order valence-electron chi connectivity index (χ4n) is 3.59. The van der Waals surface area contributed by atoms with Gasteiger partial charge in [-0.15, -0.1) is 0 Å². The highest BCUT2D eigenvalue weighted by Gasteiger charge is 2.36. The number of sulfone groups is 1. The molecule has 1 fully saturated rings. The van der Waals surface area contributed by atoms with Crippen molar-refractivity contribution in [2.24, 2.45) is 0 Å². The van der Waals surface area contributed by atoms with Crippen LogP contribution in [0.15, 0.2) is 70.4 Å². The van der Waals surface area contributed by atoms with Gasteiger partial charge < -0.3 is 5.32 Å². The van der Waals surface area contributed by atoms with Gasteiger partial charge in [-0.25, -0.2) is 8.42 Å². The minimum Gasteiger partial charge on any atom is -0.348 e. The molecule has 3 aromatic rings. The first kappa shape index (κ1) is 23.7. The van der Waals surface area contributed by atoms with E-state index in [1.807, 2.05) is 0 Å². The molecule has 1 heterocycles. The van der Waals surface area contributed by atoms with Crippen molar-refractivity contribution in [1.29, 1.82) is 0 Å². The molecule has 10 heteroatoms. The Labute approximate surface area is 194 Å². The highest BCUT2D eigenvalue weighted by Crippen LogP contribution is 2.33. The Morgan fingerprint density at radius 3 is 2.35 bits per heavy atom. The van der Waals surface area contributed by atoms with E-state index in [0.717, 1.165) is 16.7 Å². The molecule has 178 valence electrons. The molecular formula is C24H21F3N2O4S. The normalized spacial score (nSPS) is 14.1. The average molecular weight is 491 g/mol. The molecule has 0 radical (unpaired) electrons. The summed E-state index contributed by atoms with van der Waals surface area (Å²) in [5.74, 6) is -0.694. The maximum absolute atomic E-state index is 13.1. The van der Waals surface area contributed by atoms with Crippen molar-refractivity contribution < 1.29 is 26.4 Å². The molecule has 1 aromatic heterocycles. The van der Waals surface area contributed by atoms with Crippen LogP contribution in [-0.2, 0) is 22.6 Å². The predicted molar refractivity (Wildman–Crippen MR) is 120 cm³/mol. The minimum absolute atomic E-state index is 0.000522. The van der Waals surface area contributed by atoms with Crippen LogP contribution in [0.2, 0.25) is 0 Å². The Bertz CT molecular complexity index is 1410. The van der Waals surface area contributed by atoms with Crippen molar-refractivity contribution in [3.63, 3.8) is 0 Å². The van der Waals surface area contributed by atoms with Gasteiger partial charge in [0.15, 0.2) is 9.84 Å². The third-order valence-electron chi connectivity index (χ3n) is 5.62. The number of hydrogen-bond acceptors (Lipinski definition) is 4. The van der Waals surface area contributed by atoms with E-state index in [1.54, 1.807) is 19.1 Å². The van der Waals surface area contributed by atoms with Crippen LogP contribution in [0.25, 0.3) is 5.69 Å². The van der Waals surface area contributed by atoms with Gasteiger partial charge in [0, 0.05) is 17.9 Å². The molecule has 1 aliphatic carbocycles. The molecule has 1 amide bonds. The zero-order valence-electron chi connectivity index (χ0n) is 18.1. The Kier molecular flexibility index (Phi) is 6.11. The van der Waals surface area contributed by atoms with E-state index in [0.29, 0.717) is 24.1 Å². The Balaban J connectivity index is 1.54. The number of carbonyl (C=O) groups is 1. The van der Waals surface area contributed by atoms with Crippen LogP contribution in [-0.4, -0.2) is 24.1 Å². The number of hydrogen-bond donors (Lipinski definition) is 1. The standard InChI is InChI=1S/C24H21F3N2O4S/c1-15-5-12-21(23(31)29(15)18-4-2-3-17(13-18)24(25,26)27)22(30)28-14-16-6-8-19(9-7-16)34(32,33)20-10-11-20/h2-9,12-13,20H,10-11,14H2,1H3,(H,28,30). The van der Waals surface area contributed by atoms with Crippen molar-refractivity contribution in [3.8, 4) is 5.69 Å². The van der Waals surface area contributed by atoms with E-state index in [2.05, 4.69) is 5.32 Å². The van der Waals surface area contributed by atoms with Gasteiger partial charge in [-0.05, 0) is 67.8 Å². The Hall–Kier alpha value is -3.40. The topological polar surface area (TPSA) is 85.2 Å². The summed E-state index contributed by atoms with van der Waals surface area (Å²) in [6, 6.07) is 13.3. The first-order valence-corrected chi connectivity index (χ1v) is 12.0. The molecule has 2 aromatic carbocycles. The number of pyridine rings is 1. The lowest BCUT2D eigenvalue weighted by Gasteiger charge is -2.14. The lowest BCUT2D eigenvalue weighted by Crippen LogP contribution is -2.33. The van der Waals surface area contributed by atoms with Crippen LogP contribution < -0.4 is 10.9 Å². The van der Waals surface area contributed by atoms with Crippen LogP contribution in [0.5, 0.6) is 0 Å². The number of alkyl halides is 3. The molecule has 0 aliphatic heterocycles. The van der Waals surface area contributed by atoms with Crippen LogP contribution in [0.4, 0.5) is 13.2 Å². The number of carbonyl (C=O) groups excluding carboxylic acids is 1. The molecule has 0 bridgehead atoms. The Morgan fingerprint density at radius 2 is 1.74 bits per heavy atom. The lowest BCUT2D eigenvalue weighted by molar-refractivity contribution is -0.137. The van der Waals surface area contributed by atoms with Gasteiger partial charge in [0.25, 0.3) is 11.5 Å². The third-order valence-corrected chi connectivity index (χ3v) is 7.90. The monoisotopic (exact) mass is 490 g/mol. The van der Waals surface area contributed by atoms with Gasteiger partial charge in [-0.3, -0.25) is 14.2 Å². The third kappa shape index (κ3) is 4.77. The van der Waals surface area contributed by atoms with Gasteiger partial charge in [0.05, 0.1) is 15.7 Å². The van der Waals surface area contributed by atoms with Crippen molar-refractivity contribution in [3.05, 3.63) is 93.4 Å². The Morgan fingerprint density at radius 1 is 1.06 bits per heavy atom.